The van der Waals surface area contributed by atoms with E-state index in [9.17, 15) is 63.5 Å². The Balaban J connectivity index is 0.00000165. The summed E-state index contributed by atoms with van der Waals surface area (Å²) in [5, 5.41) is 54.2. The molecule has 2 aliphatic heterocycles. The van der Waals surface area contributed by atoms with Gasteiger partial charge < -0.3 is 63.8 Å². The van der Waals surface area contributed by atoms with Crippen LogP contribution in [0.5, 0.6) is 23.0 Å². The summed E-state index contributed by atoms with van der Waals surface area (Å²) in [6, 6.07) is 61.3. The van der Waals surface area contributed by atoms with Gasteiger partial charge in [0, 0.05) is 152 Å². The molecule has 698 valence electrons. The molecule has 2 aliphatic rings. The van der Waals surface area contributed by atoms with Gasteiger partial charge in [0.25, 0.3) is 27.3 Å². The molecule has 14 rings (SSSR count). The number of carbonyl (C=O) groups is 2. The van der Waals surface area contributed by atoms with Crippen molar-refractivity contribution in [2.24, 2.45) is 0 Å². The van der Waals surface area contributed by atoms with Crippen molar-refractivity contribution in [2.45, 2.75) is 53.9 Å². The fourth-order valence-corrected chi connectivity index (χ4v) is 18.3. The van der Waals surface area contributed by atoms with Crippen molar-refractivity contribution < 1.29 is 300 Å². The first kappa shape index (κ1) is 123. The summed E-state index contributed by atoms with van der Waals surface area (Å²) in [6.45, 7) is 12.8. The van der Waals surface area contributed by atoms with Crippen molar-refractivity contribution in [3.05, 3.63) is 199 Å². The van der Waals surface area contributed by atoms with Crippen LogP contribution in [0.4, 0.5) is 31.5 Å². The standard InChI is InChI=1S/C21H22N4O3S.C20H21ClN4O3S.C20H20N4O3S.C18H17N3O.C2H5Cl2NO2S.CH3F.CH2F.CH3I.2CH2O3.4K.H/c1-4-24-20-13-17(28-3)9-10-18(20)19(14-22)21(24)15-5-7-16(8-6-15)25-12-11-23(2)29(25,26)27;1-3-25-19-12-16(28-2)8-9-17(19)18(13-22)20(25)14-4-6-15(7-5-14)24-29(26,27)23-11-10-21;1-3-23-19-12-16(27-2)8-9-17(19)18(13-21)20(23)14-4-6-15(7-5-14)24-11-10-22-28(24,25)26;1-3-21-17-10-14(22-2)8-9-15(17)16(11-19)18(21)12-4-6-13(20)7-5-12;3-1-2-5-8(4,6)7;3*1-2;2*2-1-4-3;;;;;/h5-10,13H,4,11-12H2,1-3H3;4-9,12,23-24H,3,10-11H2,1-2H3;4-9,12,22H,3,10-11H2,1-2H3;4-10H,3,20H2,1-2H3;5H,1-2H2;1H3;1H2;1H3;2*1,3H;;;;;/q;;;;;;-1;;;;4*+1;-1/p-1/i;;;;;1D;;;;;;;;;/hD. The molecule has 0 radical (unpaired) electrons. The number of nitriles is 4. The maximum absolute atomic E-state index is 12.4. The van der Waals surface area contributed by atoms with Crippen molar-refractivity contribution in [3.8, 4) is 92.3 Å². The number of hydrogen-bond acceptors (Lipinski definition) is 23. The average Bonchev–Trinajstić information content (AvgIpc) is 1.62. The van der Waals surface area contributed by atoms with Crippen LogP contribution in [0, 0.1) is 52.5 Å². The molecular weight excluding hydrogens is 2100 g/mol. The van der Waals surface area contributed by atoms with Crippen LogP contribution in [0.3, 0.4) is 0 Å². The van der Waals surface area contributed by atoms with Gasteiger partial charge in [-0.3, -0.25) is 27.3 Å². The predicted octanol–water partition coefficient (Wildman–Crippen LogP) is 2.43. The number of hydrogen-bond donors (Lipinski definition) is 6. The number of likely N-dealkylation sites (N-methyl/N-ethyl adjacent to an activating group) is 1. The Morgan fingerprint density at radius 2 is 0.858 bits per heavy atom. The van der Waals surface area contributed by atoms with Crippen LogP contribution < -0.4 is 263 Å². The second-order valence-electron chi connectivity index (χ2n) is 26.1. The molecular formula is C86H97Cl3F2IK4N16O18S4+. The Morgan fingerprint density at radius 1 is 0.552 bits per heavy atom. The predicted molar refractivity (Wildman–Crippen MR) is 511 cm³/mol. The molecule has 0 amide bonds. The van der Waals surface area contributed by atoms with E-state index in [0.29, 0.717) is 90.8 Å². The second-order valence-corrected chi connectivity index (χ2v) is 34.4. The van der Waals surface area contributed by atoms with E-state index in [0.717, 1.165) is 118 Å². The Morgan fingerprint density at radius 3 is 1.09 bits per heavy atom. The number of aryl methyl sites for hydroxylation is 4. The van der Waals surface area contributed by atoms with Gasteiger partial charge in [0.05, 0.1) is 115 Å². The number of nitrogens with two attached hydrogens (primary N) is 1. The Hall–Kier alpha value is -5.21. The summed E-state index contributed by atoms with van der Waals surface area (Å²) >= 11 is 12.8. The van der Waals surface area contributed by atoms with E-state index in [-0.39, 0.29) is 245 Å². The third-order valence-corrected chi connectivity index (χ3v) is 25.1. The molecule has 4 aromatic heterocycles. The van der Waals surface area contributed by atoms with Crippen molar-refractivity contribution in [1.82, 2.24) is 36.7 Å². The van der Waals surface area contributed by atoms with Crippen LogP contribution in [0.25, 0.3) is 90.1 Å². The Kier molecular flexibility index (Phi) is 58.3. The largest absolute Gasteiger partial charge is 1.00 e. The van der Waals surface area contributed by atoms with Gasteiger partial charge in [-0.2, -0.15) is 75.6 Å². The van der Waals surface area contributed by atoms with Gasteiger partial charge in [-0.15, -0.1) is 23.2 Å². The molecule has 0 bridgehead atoms. The van der Waals surface area contributed by atoms with E-state index in [4.69, 9.17) is 76.2 Å². The third-order valence-electron chi connectivity index (χ3n) is 19.3. The van der Waals surface area contributed by atoms with Gasteiger partial charge in [0.1, 0.15) is 47.3 Å². The molecule has 0 aliphatic carbocycles. The molecule has 12 aromatic rings. The fourth-order valence-electron chi connectivity index (χ4n) is 13.9. The van der Waals surface area contributed by atoms with Gasteiger partial charge >= 0.3 is 232 Å². The smallest absolute Gasteiger partial charge is 1.00 e. The number of nitrogens with one attached hydrogen (secondary N) is 4. The number of methoxy groups -OCH3 is 4. The molecule has 0 saturated carbocycles. The van der Waals surface area contributed by atoms with E-state index < -0.39 is 47.0 Å². The Labute approximate surface area is 982 Å². The van der Waals surface area contributed by atoms with Crippen LogP contribution in [0.15, 0.2) is 170 Å². The number of rotatable bonds is 25. The zero-order valence-corrected chi connectivity index (χ0v) is 96.1. The molecule has 0 unspecified atom stereocenters. The zero-order valence-electron chi connectivity index (χ0n) is 79.0. The number of halogens is 6. The number of alkyl halides is 4. The first-order valence-electron chi connectivity index (χ1n) is 39.6. The van der Waals surface area contributed by atoms with Crippen LogP contribution >= 0.6 is 56.5 Å². The summed E-state index contributed by atoms with van der Waals surface area (Å²) in [5.41, 5.74) is 21.3. The number of fused-ring (bicyclic) bond motifs is 4. The number of nitrogens with zero attached hydrogens (tertiary/aromatic N) is 11. The van der Waals surface area contributed by atoms with Crippen molar-refractivity contribution in [2.75, 3.05) is 118 Å². The first-order chi connectivity index (χ1) is 63.3. The fraction of sp³-hybridized carbons (Fsp3) is 0.267. The average molecular weight is 2200 g/mol. The first-order valence-corrected chi connectivity index (χ1v) is 48.3. The summed E-state index contributed by atoms with van der Waals surface area (Å²) in [7, 11) is -0.614. The molecule has 8 aromatic carbocycles. The van der Waals surface area contributed by atoms with E-state index >= 15 is 0 Å². The quantitative estimate of drug-likeness (QED) is 0.00551. The minimum atomic E-state index is -3.68. The molecule has 2 saturated heterocycles. The molecule has 134 heavy (non-hydrogen) atoms. The summed E-state index contributed by atoms with van der Waals surface area (Å²) in [6.07, 6.45) is 0. The van der Waals surface area contributed by atoms with Crippen LogP contribution in [-0.2, 0) is 85.4 Å². The molecule has 48 heteroatoms. The van der Waals surface area contributed by atoms with Gasteiger partial charge in [-0.25, -0.2) is 9.98 Å². The summed E-state index contributed by atoms with van der Waals surface area (Å²) in [5.74, 6) is 3.38. The molecule has 34 nitrogen and oxygen atoms in total. The molecule has 7 N–H and O–H groups in total. The minimum absolute atomic E-state index is 0. The summed E-state index contributed by atoms with van der Waals surface area (Å²) < 4.78 is 166. The number of benzene rings is 8. The van der Waals surface area contributed by atoms with E-state index in [1.54, 1.807) is 91.2 Å². The number of ether oxygens (including phenoxy) is 4. The van der Waals surface area contributed by atoms with Gasteiger partial charge in [-0.05, 0) is 152 Å². The third kappa shape index (κ3) is 33.2. The van der Waals surface area contributed by atoms with Crippen LogP contribution in [-0.4, -0.2) is 173 Å². The number of nitrogen functional groups attached to an aromatic ring is 1. The van der Waals surface area contributed by atoms with Crippen LogP contribution in [0.2, 0.25) is 0 Å². The Bertz CT molecular complexity index is 6540. The number of aromatic nitrogens is 4. The maximum atomic E-state index is 12.4. The number of carbonyl (C=O) groups excluding carboxylic acids is 2. The molecule has 2 fully saturated rings. The monoisotopic (exact) mass is 2200 g/mol. The SMILES string of the molecule is CCn1c(-c2ccc(N)cc2)c(C#N)c2ccc(OC)cc21.CCn1c(-c2ccc(N3CCN(C)S3(=O)=O)cc2)c(C#N)c2ccc(OC)cc21.CCn1c(-c2ccc(N3CCNS3(=O)=O)cc2)c(C#N)c2ccc(OC)cc21.CCn1c(-c2ccc(NS(=O)(=O)NCCCl)cc2)c(C#N)c2ccc(OC)cc21.CI.O=CO[O-].O=S(=O)(Cl)NCCCl.[2H]CF.[2H]OOC=O.[CH2-]F.[H-].[K+].[K+].[K+].[K+]. The number of anilines is 4. The van der Waals surface area contributed by atoms with E-state index in [1.165, 1.54) is 12.9 Å². The van der Waals surface area contributed by atoms with Crippen molar-refractivity contribution >= 4 is 176 Å². The molecule has 6 heterocycles. The summed E-state index contributed by atoms with van der Waals surface area (Å²) in [4.78, 5) is 25.5. The topological polar surface area (TPSA) is 468 Å². The van der Waals surface area contributed by atoms with Gasteiger partial charge in [-0.1, -0.05) is 71.1 Å². The zero-order chi connectivity index (χ0) is 98.2. The normalized spacial score (nSPS) is 12.3. The second kappa shape index (κ2) is 63.5. The molecule has 0 spiro atoms. The van der Waals surface area contributed by atoms with Crippen LogP contribution in [0.1, 0.15) is 52.7 Å². The van der Waals surface area contributed by atoms with Crippen molar-refractivity contribution in [3.63, 3.8) is 0 Å². The maximum Gasteiger partial charge on any atom is 1.00 e. The van der Waals surface area contributed by atoms with E-state index in [1.807, 2.05) is 152 Å². The van der Waals surface area contributed by atoms with Gasteiger partial charge in [0.15, 0.2) is 0 Å². The molecule has 0 atom stereocenters. The van der Waals surface area contributed by atoms with E-state index in [2.05, 4.69) is 101 Å². The van der Waals surface area contributed by atoms with Crippen molar-refractivity contribution in [1.29, 1.82) is 22.5 Å². The van der Waals surface area contributed by atoms with Gasteiger partial charge in [0.2, 0.25) is 0 Å². The minimum Gasteiger partial charge on any atom is -1.00 e.